The van der Waals surface area contributed by atoms with Crippen molar-refractivity contribution in [1.82, 2.24) is 0 Å². The molecule has 0 unspecified atom stereocenters. The number of thioether (sulfide) groups is 1. The number of aliphatic imine (C=N–C) groups is 1. The van der Waals surface area contributed by atoms with E-state index in [1.54, 1.807) is 11.8 Å². The average Bonchev–Trinajstić information content (AvgIpc) is 3.15. The number of aryl methyl sites for hydroxylation is 1. The number of amidine groups is 1. The molecule has 0 spiro atoms. The van der Waals surface area contributed by atoms with E-state index < -0.39 is 9.84 Å². The van der Waals surface area contributed by atoms with Gasteiger partial charge in [-0.1, -0.05) is 36.0 Å². The van der Waals surface area contributed by atoms with Crippen LogP contribution in [0.4, 0.5) is 5.69 Å². The lowest BCUT2D eigenvalue weighted by molar-refractivity contribution is 0.340. The third-order valence-corrected chi connectivity index (χ3v) is 8.33. The summed E-state index contributed by atoms with van der Waals surface area (Å²) in [5, 5.41) is 0.930. The van der Waals surface area contributed by atoms with Crippen molar-refractivity contribution >= 4 is 32.5 Å². The quantitative estimate of drug-likeness (QED) is 0.744. The van der Waals surface area contributed by atoms with Gasteiger partial charge >= 0.3 is 0 Å². The van der Waals surface area contributed by atoms with Crippen LogP contribution in [0.25, 0.3) is 0 Å². The van der Waals surface area contributed by atoms with Gasteiger partial charge in [0.05, 0.1) is 30.7 Å². The molecule has 28 heavy (non-hydrogen) atoms. The molecule has 7 heteroatoms. The van der Waals surface area contributed by atoms with E-state index >= 15 is 0 Å². The number of hydrogen-bond donors (Lipinski definition) is 0. The molecule has 2 aliphatic heterocycles. The Morgan fingerprint density at radius 3 is 2.57 bits per heavy atom. The Balaban J connectivity index is 1.65. The molecular weight excluding hydrogens is 392 g/mol. The maximum absolute atomic E-state index is 11.9. The van der Waals surface area contributed by atoms with Gasteiger partial charge in [-0.2, -0.15) is 0 Å². The van der Waals surface area contributed by atoms with Crippen molar-refractivity contribution in [1.29, 1.82) is 0 Å². The van der Waals surface area contributed by atoms with E-state index in [-0.39, 0.29) is 22.8 Å². The topological polar surface area (TPSA) is 59.0 Å². The number of fused-ring (bicyclic) bond motifs is 1. The molecule has 1 fully saturated rings. The summed E-state index contributed by atoms with van der Waals surface area (Å²) in [5.74, 6) is 1.22. The zero-order valence-corrected chi connectivity index (χ0v) is 17.7. The van der Waals surface area contributed by atoms with Gasteiger partial charge in [0.2, 0.25) is 0 Å². The Labute approximate surface area is 170 Å². The fraction of sp³-hybridized carbons (Fsp3) is 0.381. The molecule has 0 radical (unpaired) electrons. The minimum atomic E-state index is -2.96. The SMILES string of the molecule is CCOc1ccc(N(Cc2ccccc2C)C2=N[C@H]3CS(=O)(=O)C[C@H]3S2)cc1. The van der Waals surface area contributed by atoms with Crippen LogP contribution in [-0.2, 0) is 16.4 Å². The molecule has 5 nitrogen and oxygen atoms in total. The van der Waals surface area contributed by atoms with E-state index in [9.17, 15) is 8.42 Å². The maximum Gasteiger partial charge on any atom is 0.164 e. The molecule has 2 aromatic carbocycles. The molecule has 2 heterocycles. The first-order chi connectivity index (χ1) is 13.4. The number of anilines is 1. The van der Waals surface area contributed by atoms with Crippen LogP contribution < -0.4 is 9.64 Å². The molecule has 0 N–H and O–H groups in total. The summed E-state index contributed by atoms with van der Waals surface area (Å²) in [6.07, 6.45) is 0. The lowest BCUT2D eigenvalue weighted by atomic mass is 10.1. The van der Waals surface area contributed by atoms with Gasteiger partial charge in [-0.05, 0) is 49.2 Å². The molecule has 1 saturated heterocycles. The summed E-state index contributed by atoms with van der Waals surface area (Å²) in [6, 6.07) is 16.2. The van der Waals surface area contributed by atoms with Crippen LogP contribution in [0, 0.1) is 6.92 Å². The molecule has 2 aromatic rings. The Kier molecular flexibility index (Phi) is 5.38. The van der Waals surface area contributed by atoms with E-state index in [1.165, 1.54) is 11.1 Å². The first kappa shape index (κ1) is 19.3. The minimum Gasteiger partial charge on any atom is -0.494 e. The summed E-state index contributed by atoms with van der Waals surface area (Å²) < 4.78 is 29.4. The first-order valence-electron chi connectivity index (χ1n) is 9.45. The van der Waals surface area contributed by atoms with E-state index in [1.807, 2.05) is 43.3 Å². The highest BCUT2D eigenvalue weighted by atomic mass is 32.2. The minimum absolute atomic E-state index is 0.0297. The van der Waals surface area contributed by atoms with Gasteiger partial charge in [-0.15, -0.1) is 0 Å². The molecule has 0 saturated carbocycles. The van der Waals surface area contributed by atoms with Crippen molar-refractivity contribution in [2.24, 2.45) is 4.99 Å². The summed E-state index contributed by atoms with van der Waals surface area (Å²) >= 11 is 1.59. The maximum atomic E-state index is 11.9. The standard InChI is InChI=1S/C21H24N2O3S2/c1-3-26-18-10-8-17(9-11-18)23(12-16-7-5-4-6-15(16)2)21-22-19-13-28(24,25)14-20(19)27-21/h4-11,19-20H,3,12-14H2,1-2H3/t19-,20+/m0/s1. The normalized spacial score (nSPS) is 22.6. The molecule has 0 bridgehead atoms. The highest BCUT2D eigenvalue weighted by Crippen LogP contribution is 2.37. The molecule has 0 amide bonds. The zero-order chi connectivity index (χ0) is 19.7. The molecule has 4 rings (SSSR count). The number of nitrogens with zero attached hydrogens (tertiary/aromatic N) is 2. The van der Waals surface area contributed by atoms with Gasteiger partial charge in [0, 0.05) is 10.9 Å². The van der Waals surface area contributed by atoms with Gasteiger partial charge in [0.25, 0.3) is 0 Å². The zero-order valence-electron chi connectivity index (χ0n) is 16.0. The van der Waals surface area contributed by atoms with Crippen molar-refractivity contribution in [3.05, 3.63) is 59.7 Å². The Hall–Kier alpha value is -1.99. The highest BCUT2D eigenvalue weighted by molar-refractivity contribution is 8.15. The van der Waals surface area contributed by atoms with Gasteiger partial charge in [-0.25, -0.2) is 8.42 Å². The van der Waals surface area contributed by atoms with E-state index in [0.717, 1.165) is 16.6 Å². The van der Waals surface area contributed by atoms with Crippen LogP contribution in [0.3, 0.4) is 0 Å². The lowest BCUT2D eigenvalue weighted by Gasteiger charge is -2.25. The third-order valence-electron chi connectivity index (χ3n) is 5.09. The number of ether oxygens (including phenoxy) is 1. The first-order valence-corrected chi connectivity index (χ1v) is 12.1. The summed E-state index contributed by atoms with van der Waals surface area (Å²) in [6.45, 7) is 5.40. The molecular formula is C21H24N2O3S2. The van der Waals surface area contributed by atoms with Gasteiger partial charge in [0.1, 0.15) is 5.75 Å². The van der Waals surface area contributed by atoms with Crippen LogP contribution in [0.2, 0.25) is 0 Å². The Morgan fingerprint density at radius 2 is 1.89 bits per heavy atom. The van der Waals surface area contributed by atoms with E-state index in [0.29, 0.717) is 13.2 Å². The molecule has 2 aliphatic rings. The van der Waals surface area contributed by atoms with Gasteiger partial charge in [-0.3, -0.25) is 4.99 Å². The smallest absolute Gasteiger partial charge is 0.164 e. The molecule has 0 aliphatic carbocycles. The highest BCUT2D eigenvalue weighted by Gasteiger charge is 2.44. The molecule has 148 valence electrons. The number of benzene rings is 2. The number of hydrogen-bond acceptors (Lipinski definition) is 6. The van der Waals surface area contributed by atoms with Crippen LogP contribution >= 0.6 is 11.8 Å². The van der Waals surface area contributed by atoms with Crippen molar-refractivity contribution in [3.8, 4) is 5.75 Å². The Bertz CT molecular complexity index is 987. The lowest BCUT2D eigenvalue weighted by Crippen LogP contribution is -2.28. The van der Waals surface area contributed by atoms with E-state index in [2.05, 4.69) is 24.0 Å². The largest absolute Gasteiger partial charge is 0.494 e. The second-order valence-electron chi connectivity index (χ2n) is 7.15. The summed E-state index contributed by atoms with van der Waals surface area (Å²) in [5.41, 5.74) is 3.48. The second kappa shape index (κ2) is 7.79. The van der Waals surface area contributed by atoms with Gasteiger partial charge < -0.3 is 9.64 Å². The second-order valence-corrected chi connectivity index (χ2v) is 10.5. The predicted molar refractivity (Wildman–Crippen MR) is 116 cm³/mol. The monoisotopic (exact) mass is 416 g/mol. The fourth-order valence-electron chi connectivity index (χ4n) is 3.59. The Morgan fingerprint density at radius 1 is 1.14 bits per heavy atom. The van der Waals surface area contributed by atoms with Crippen LogP contribution in [-0.4, -0.2) is 43.0 Å². The number of sulfone groups is 1. The van der Waals surface area contributed by atoms with Crippen LogP contribution in [0.1, 0.15) is 18.1 Å². The van der Waals surface area contributed by atoms with Crippen LogP contribution in [0.5, 0.6) is 5.75 Å². The van der Waals surface area contributed by atoms with E-state index in [4.69, 9.17) is 9.73 Å². The van der Waals surface area contributed by atoms with Crippen LogP contribution in [0.15, 0.2) is 53.5 Å². The van der Waals surface area contributed by atoms with Crippen molar-refractivity contribution < 1.29 is 13.2 Å². The van der Waals surface area contributed by atoms with Crippen molar-refractivity contribution in [2.75, 3.05) is 23.0 Å². The third kappa shape index (κ3) is 4.05. The summed E-state index contributed by atoms with van der Waals surface area (Å²) in [7, 11) is -2.96. The average molecular weight is 417 g/mol. The summed E-state index contributed by atoms with van der Waals surface area (Å²) in [4.78, 5) is 6.99. The molecule has 0 aromatic heterocycles. The number of rotatable bonds is 5. The predicted octanol–water partition coefficient (Wildman–Crippen LogP) is 3.67. The van der Waals surface area contributed by atoms with Gasteiger partial charge in [0.15, 0.2) is 15.0 Å². The van der Waals surface area contributed by atoms with Crippen molar-refractivity contribution in [2.45, 2.75) is 31.7 Å². The molecule has 2 atom stereocenters. The van der Waals surface area contributed by atoms with Crippen molar-refractivity contribution in [3.63, 3.8) is 0 Å². The fourth-order valence-corrected chi connectivity index (χ4v) is 7.37.